The molecule has 0 bridgehead atoms. The molecule has 0 unspecified atom stereocenters. The summed E-state index contributed by atoms with van der Waals surface area (Å²) in [6, 6.07) is 14.4. The number of rotatable bonds is 28. The van der Waals surface area contributed by atoms with Gasteiger partial charge in [-0.3, -0.25) is 72.3 Å². The van der Waals surface area contributed by atoms with Crippen LogP contribution in [0.25, 0.3) is 0 Å². The molecule has 0 spiro atoms. The molecule has 0 aliphatic carbocycles. The molecule has 106 heavy (non-hydrogen) atoms. The number of amides is 4. The average Bonchev–Trinajstić information content (AvgIpc) is 0.750. The number of carbonyl (C=O) groups is 15. The minimum absolute atomic E-state index is 0.00637. The number of carbonyl (C=O) groups excluding carboxylic acids is 9. The van der Waals surface area contributed by atoms with Gasteiger partial charge in [0, 0.05) is 74.0 Å². The number of carboxylic acids is 6. The van der Waals surface area contributed by atoms with Crippen LogP contribution >= 0.6 is 58.6 Å². The maximum atomic E-state index is 12.7. The quantitative estimate of drug-likeness (QED) is 0.0362. The van der Waals surface area contributed by atoms with Crippen molar-refractivity contribution >= 4 is 147 Å². The van der Waals surface area contributed by atoms with Gasteiger partial charge in [0.2, 0.25) is 23.6 Å². The Morgan fingerprint density at radius 1 is 0.472 bits per heavy atom. The lowest BCUT2D eigenvalue weighted by atomic mass is 9.82. The van der Waals surface area contributed by atoms with Crippen molar-refractivity contribution in [3.8, 4) is 0 Å². The van der Waals surface area contributed by atoms with Crippen LogP contribution in [0.15, 0.2) is 105 Å². The van der Waals surface area contributed by atoms with Crippen LogP contribution in [-0.4, -0.2) is 202 Å². The minimum Gasteiger partial charge on any atom is -0.480 e. The van der Waals surface area contributed by atoms with E-state index >= 15 is 0 Å². The van der Waals surface area contributed by atoms with Gasteiger partial charge in [-0.25, -0.2) is 19.2 Å². The molecule has 4 saturated heterocycles. The first-order chi connectivity index (χ1) is 49.6. The highest BCUT2D eigenvalue weighted by Crippen LogP contribution is 2.52. The van der Waals surface area contributed by atoms with Gasteiger partial charge in [0.05, 0.1) is 62.3 Å². The SMILES string of the molecule is CC(=O)OCC1=C(C(=O)O)N2C(=O)[C@@H](CC(=O)CCC[C@@H](N)C(=O)O)[C@H]2SC1.CC(C)(C)C1=C(C(=O)O)N2C(=O)[C@@H](CC(=O)CCC[C@@H](N)C(=O)O)[C@H]2SC1.CC(C)(C)C1=C(C(=O)O)N2C(=O)[C@@H](CC(=O)[C@H](N)c3ccccc3)[C@H]2SC1.N[C@@H](C(=O)C[C@@H]1C(=O)N2C(C(=O)O)=C(Cl)CS[C@H]12)c1ccccc1. The first-order valence-electron chi connectivity index (χ1n) is 33.7. The molecular formula is C71H87ClN8O22S4. The topological polar surface area (TPSA) is 504 Å². The van der Waals surface area contributed by atoms with Gasteiger partial charge in [-0.2, -0.15) is 0 Å². The highest BCUT2D eigenvalue weighted by molar-refractivity contribution is 8.01. The molecule has 8 aliphatic heterocycles. The Bertz CT molecular complexity index is 3990. The average molecular weight is 1570 g/mol. The second-order valence-corrected chi connectivity index (χ2v) is 33.1. The largest absolute Gasteiger partial charge is 0.480 e. The lowest BCUT2D eigenvalue weighted by Crippen LogP contribution is -2.62. The summed E-state index contributed by atoms with van der Waals surface area (Å²) in [6.45, 7) is 12.6. The van der Waals surface area contributed by atoms with Crippen molar-refractivity contribution < 1.29 is 107 Å². The van der Waals surface area contributed by atoms with Gasteiger partial charge in [-0.15, -0.1) is 47.0 Å². The van der Waals surface area contributed by atoms with E-state index in [1.54, 1.807) is 36.4 Å². The first kappa shape index (κ1) is 85.0. The molecular weight excluding hydrogens is 1480 g/mol. The molecule has 2 aromatic carbocycles. The lowest BCUT2D eigenvalue weighted by Gasteiger charge is -2.51. The number of Topliss-reactive ketones (excluding diaryl/α,β-unsaturated/α-hetero) is 4. The fourth-order valence-corrected chi connectivity index (χ4v) is 19.3. The fourth-order valence-electron chi connectivity index (χ4n) is 12.8. The van der Waals surface area contributed by atoms with Gasteiger partial charge in [0.1, 0.15) is 53.0 Å². The summed E-state index contributed by atoms with van der Waals surface area (Å²) >= 11 is 11.6. The number of halogens is 1. The number of benzene rings is 2. The third-order valence-electron chi connectivity index (χ3n) is 18.7. The Hall–Kier alpha value is -8.22. The van der Waals surface area contributed by atoms with E-state index in [4.69, 9.17) is 49.5 Å². The zero-order chi connectivity index (χ0) is 78.9. The number of carboxylic acid groups (broad SMARTS) is 6. The molecule has 8 aliphatic rings. The van der Waals surface area contributed by atoms with Crippen molar-refractivity contribution in [3.05, 3.63) is 116 Å². The number of hydrogen-bond acceptors (Lipinski definition) is 24. The van der Waals surface area contributed by atoms with Gasteiger partial charge in [-0.05, 0) is 58.8 Å². The molecule has 35 heteroatoms. The molecule has 12 atom stereocenters. The Morgan fingerprint density at radius 2 is 0.783 bits per heavy atom. The van der Waals surface area contributed by atoms with Crippen LogP contribution in [-0.2, 0) is 76.7 Å². The van der Waals surface area contributed by atoms with Crippen molar-refractivity contribution in [1.29, 1.82) is 0 Å². The number of thioether (sulfide) groups is 4. The Labute approximate surface area is 632 Å². The van der Waals surface area contributed by atoms with E-state index in [2.05, 4.69) is 0 Å². The number of ether oxygens (including phenoxy) is 1. The van der Waals surface area contributed by atoms with Crippen molar-refractivity contribution in [1.82, 2.24) is 19.6 Å². The normalized spacial score (nSPS) is 23.4. The van der Waals surface area contributed by atoms with Crippen molar-refractivity contribution in [2.75, 3.05) is 29.6 Å². The monoisotopic (exact) mass is 1570 g/mol. The zero-order valence-corrected chi connectivity index (χ0v) is 63.2. The summed E-state index contributed by atoms with van der Waals surface area (Å²) in [7, 11) is 0. The molecule has 10 rings (SSSR count). The minimum atomic E-state index is -1.28. The van der Waals surface area contributed by atoms with E-state index < -0.39 is 107 Å². The maximum absolute atomic E-state index is 12.7. The smallest absolute Gasteiger partial charge is 0.353 e. The highest BCUT2D eigenvalue weighted by atomic mass is 35.5. The van der Waals surface area contributed by atoms with Crippen molar-refractivity contribution in [2.45, 2.75) is 158 Å². The summed E-state index contributed by atoms with van der Waals surface area (Å²) in [5.74, 6) is -10.3. The van der Waals surface area contributed by atoms with Crippen LogP contribution in [0.4, 0.5) is 0 Å². The van der Waals surface area contributed by atoms with E-state index in [1.807, 2.05) is 65.8 Å². The van der Waals surface area contributed by atoms with E-state index in [0.717, 1.165) is 16.0 Å². The number of fused-ring (bicyclic) bond motifs is 4. The number of esters is 1. The van der Waals surface area contributed by atoms with Crippen LogP contribution in [0.2, 0.25) is 0 Å². The van der Waals surface area contributed by atoms with Gasteiger partial charge < -0.3 is 58.3 Å². The van der Waals surface area contributed by atoms with Crippen LogP contribution in [0.3, 0.4) is 0 Å². The molecule has 2 aromatic rings. The molecule has 4 amide bonds. The number of aliphatic carboxylic acids is 6. The summed E-state index contributed by atoms with van der Waals surface area (Å²) in [6.07, 6.45) is 1.34. The molecule has 14 N–H and O–H groups in total. The number of β-lactam (4-membered cyclic amide) rings is 4. The van der Waals surface area contributed by atoms with Crippen LogP contribution < -0.4 is 22.9 Å². The molecule has 0 radical (unpaired) electrons. The van der Waals surface area contributed by atoms with E-state index in [0.29, 0.717) is 46.8 Å². The molecule has 0 saturated carbocycles. The van der Waals surface area contributed by atoms with Crippen molar-refractivity contribution in [2.24, 2.45) is 57.4 Å². The van der Waals surface area contributed by atoms with Gasteiger partial charge in [0.25, 0.3) is 0 Å². The maximum Gasteiger partial charge on any atom is 0.353 e. The predicted molar refractivity (Wildman–Crippen MR) is 391 cm³/mol. The summed E-state index contributed by atoms with van der Waals surface area (Å²) in [5.41, 5.74) is 25.1. The van der Waals surface area contributed by atoms with E-state index in [1.165, 1.54) is 68.7 Å². The highest BCUT2D eigenvalue weighted by Gasteiger charge is 2.58. The van der Waals surface area contributed by atoms with Gasteiger partial charge in [-0.1, -0.05) is 114 Å². The Kier molecular flexibility index (Phi) is 29.0. The van der Waals surface area contributed by atoms with Crippen molar-refractivity contribution in [3.63, 3.8) is 0 Å². The first-order valence-corrected chi connectivity index (χ1v) is 38.3. The fraction of sp³-hybridized carbons (Fsp3) is 0.507. The van der Waals surface area contributed by atoms with Crippen LogP contribution in [0.1, 0.15) is 136 Å². The molecule has 574 valence electrons. The third-order valence-corrected chi connectivity index (χ3v) is 24.6. The number of nitrogens with zero attached hydrogens (tertiary/aromatic N) is 4. The van der Waals surface area contributed by atoms with Gasteiger partial charge in [0.15, 0.2) is 11.6 Å². The van der Waals surface area contributed by atoms with Crippen LogP contribution in [0.5, 0.6) is 0 Å². The molecule has 0 aromatic heterocycles. The number of nitrogens with two attached hydrogens (primary N) is 4. The number of hydrogen-bond donors (Lipinski definition) is 10. The predicted octanol–water partition coefficient (Wildman–Crippen LogP) is 5.68. The Balaban J connectivity index is 0.000000197. The second-order valence-electron chi connectivity index (χ2n) is 28.2. The molecule has 4 fully saturated rings. The lowest BCUT2D eigenvalue weighted by molar-refractivity contribution is -0.154. The van der Waals surface area contributed by atoms with Crippen LogP contribution in [0, 0.1) is 34.5 Å². The standard InChI is InChI=1S/C20H24N2O4S.C18H26N2O6S.C17H22N2O8S.C16H15ClN2O4S/c1-20(2,3)13-10-27-18-12(17(24)22(18)16(13)19(25)26)9-14(23)15(21)11-7-5-4-6-8-11;1-18(2,3)11-8-27-15-10(14(22)20(15)13(11)17(25)26)7-9(21)5-4-6-12(19)16(23)24;1-8(20)27-6-9-7-28-15-11(14(22)19(15)13(9)17(25)26)5-10(21)3-2-4-12(18)16(23)24;17-10-7-24-15-9(14(21)19(15)13(10)16(22)23)6-11(20)12(18)8-4-2-1-3-5-8/h4-8,12,15,18H,9-10,21H2,1-3H3,(H,25,26);10,12,15H,4-8,19H2,1-3H3,(H,23,24)(H,25,26);11-12,15H,2-7,18H2,1H3,(H,23,24)(H,25,26);1-5,9,12,15H,6-7,18H2,(H,22,23)/t12-,15-,18-;10-,12-,15-;11-,12-,15-;9-,12-,15-/m1111/s1. The summed E-state index contributed by atoms with van der Waals surface area (Å²) < 4.78 is 4.86. The van der Waals surface area contributed by atoms with Gasteiger partial charge >= 0.3 is 41.8 Å². The second kappa shape index (κ2) is 36.1. The summed E-state index contributed by atoms with van der Waals surface area (Å²) in [5, 5.41) is 54.1. The zero-order valence-electron chi connectivity index (χ0n) is 59.1. The third kappa shape index (κ3) is 19.7. The molecule has 30 nitrogen and oxygen atoms in total. The summed E-state index contributed by atoms with van der Waals surface area (Å²) in [4.78, 5) is 183. The Morgan fingerprint density at radius 3 is 1.10 bits per heavy atom. The molecule has 8 heterocycles. The van der Waals surface area contributed by atoms with E-state index in [9.17, 15) is 92.3 Å². The number of ketones is 4. The van der Waals surface area contributed by atoms with E-state index in [-0.39, 0.29) is 153 Å².